The average Bonchev–Trinajstić information content (AvgIpc) is 3.08. The summed E-state index contributed by atoms with van der Waals surface area (Å²) >= 11 is 1.78. The van der Waals surface area contributed by atoms with Crippen molar-refractivity contribution in [3.05, 3.63) is 71.8 Å². The number of aliphatic imine (C=N–C) groups is 1. The molecule has 0 spiro atoms. The summed E-state index contributed by atoms with van der Waals surface area (Å²) in [6.07, 6.45) is 3.17. The summed E-state index contributed by atoms with van der Waals surface area (Å²) in [5.41, 5.74) is 18.9. The van der Waals surface area contributed by atoms with E-state index in [1.807, 2.05) is 67.6 Å². The van der Waals surface area contributed by atoms with Gasteiger partial charge in [0.05, 0.1) is 6.04 Å². The molecule has 1 aliphatic rings. The monoisotopic (exact) mass is 666 g/mol. The van der Waals surface area contributed by atoms with E-state index in [1.54, 1.807) is 16.7 Å². The fourth-order valence-corrected chi connectivity index (χ4v) is 6.19. The van der Waals surface area contributed by atoms with Gasteiger partial charge in [-0.3, -0.25) is 24.2 Å². The molecule has 0 aromatic heterocycles. The van der Waals surface area contributed by atoms with Crippen LogP contribution in [0, 0.1) is 0 Å². The molecular formula is C34H50N8O4S. The number of guanidine groups is 1. The van der Waals surface area contributed by atoms with Crippen LogP contribution in [0.4, 0.5) is 0 Å². The molecule has 4 atom stereocenters. The molecule has 0 radical (unpaired) electrons. The number of nitrogens with two attached hydrogens (primary N) is 3. The number of hydrogen-bond donors (Lipinski definition) is 6. The van der Waals surface area contributed by atoms with E-state index in [0.29, 0.717) is 51.7 Å². The van der Waals surface area contributed by atoms with Gasteiger partial charge in [-0.2, -0.15) is 11.8 Å². The van der Waals surface area contributed by atoms with Gasteiger partial charge in [-0.05, 0) is 36.8 Å². The van der Waals surface area contributed by atoms with Crippen molar-refractivity contribution in [2.45, 2.75) is 76.0 Å². The summed E-state index contributed by atoms with van der Waals surface area (Å²) in [4.78, 5) is 60.1. The van der Waals surface area contributed by atoms with Crippen LogP contribution in [0.25, 0.3) is 0 Å². The van der Waals surface area contributed by atoms with Crippen molar-refractivity contribution in [3.63, 3.8) is 0 Å². The number of carbonyl (C=O) groups excluding carboxylic acids is 4. The van der Waals surface area contributed by atoms with Crippen molar-refractivity contribution in [2.75, 3.05) is 31.1 Å². The fourth-order valence-electron chi connectivity index (χ4n) is 5.29. The third kappa shape index (κ3) is 13.3. The van der Waals surface area contributed by atoms with Crippen LogP contribution in [0.15, 0.2) is 65.7 Å². The summed E-state index contributed by atoms with van der Waals surface area (Å²) in [6, 6.07) is 15.2. The minimum Gasteiger partial charge on any atom is -0.370 e. The highest BCUT2D eigenvalue weighted by Crippen LogP contribution is 2.14. The van der Waals surface area contributed by atoms with E-state index in [-0.39, 0.29) is 18.3 Å². The van der Waals surface area contributed by atoms with Crippen molar-refractivity contribution in [3.8, 4) is 0 Å². The van der Waals surface area contributed by atoms with E-state index in [9.17, 15) is 19.2 Å². The van der Waals surface area contributed by atoms with Crippen molar-refractivity contribution in [1.82, 2.24) is 20.9 Å². The number of hydrogen-bond acceptors (Lipinski definition) is 7. The first-order chi connectivity index (χ1) is 22.7. The zero-order valence-corrected chi connectivity index (χ0v) is 28.1. The summed E-state index contributed by atoms with van der Waals surface area (Å²) < 4.78 is 0. The van der Waals surface area contributed by atoms with Crippen LogP contribution in [0.3, 0.4) is 0 Å². The summed E-state index contributed by atoms with van der Waals surface area (Å²) in [6.45, 7) is 3.52. The van der Waals surface area contributed by atoms with Crippen molar-refractivity contribution in [1.29, 1.82) is 0 Å². The van der Waals surface area contributed by atoms with E-state index >= 15 is 0 Å². The van der Waals surface area contributed by atoms with E-state index in [1.165, 1.54) is 0 Å². The number of rotatable bonds is 18. The van der Waals surface area contributed by atoms with Crippen LogP contribution in [-0.2, 0) is 32.0 Å². The lowest BCUT2D eigenvalue weighted by molar-refractivity contribution is -0.137. The molecule has 13 heteroatoms. The van der Waals surface area contributed by atoms with Gasteiger partial charge in [0.2, 0.25) is 23.6 Å². The first-order valence-electron chi connectivity index (χ1n) is 16.3. The van der Waals surface area contributed by atoms with Crippen LogP contribution >= 0.6 is 11.8 Å². The standard InChI is InChI=1S/C34H50N8O4S/c1-2-3-15-27(31(44)40-28(16-10-17-38-34(36)37)33(46)42-18-20-47-21-19-42)39-32(45)29(23-25-13-8-5-9-14-25)41-30(43)26(35)22-24-11-6-4-7-12-24/h4-9,11-14,26-29H,2-3,10,15-23,35H2,1H3,(H,39,45)(H,40,44)(H,41,43)(H4,36,37,38)/t26-,27-,28-,29-/m1/s1. The number of nitrogens with one attached hydrogen (secondary N) is 3. The second-order valence-electron chi connectivity index (χ2n) is 11.7. The Morgan fingerprint density at radius 3 is 1.89 bits per heavy atom. The van der Waals surface area contributed by atoms with Gasteiger partial charge in [-0.15, -0.1) is 0 Å². The molecule has 0 bridgehead atoms. The molecule has 0 aliphatic carbocycles. The van der Waals surface area contributed by atoms with E-state index in [0.717, 1.165) is 29.1 Å². The molecule has 4 amide bonds. The molecule has 0 saturated carbocycles. The molecule has 1 heterocycles. The summed E-state index contributed by atoms with van der Waals surface area (Å²) in [5.74, 6) is 0.0396. The Bertz CT molecular complexity index is 1300. The summed E-state index contributed by atoms with van der Waals surface area (Å²) in [5, 5.41) is 8.63. The minimum atomic E-state index is -0.980. The molecule has 12 nitrogen and oxygen atoms in total. The Morgan fingerprint density at radius 1 is 0.766 bits per heavy atom. The van der Waals surface area contributed by atoms with E-state index in [4.69, 9.17) is 17.2 Å². The van der Waals surface area contributed by atoms with Crippen LogP contribution < -0.4 is 33.2 Å². The molecule has 9 N–H and O–H groups in total. The highest BCUT2D eigenvalue weighted by Gasteiger charge is 2.32. The molecule has 2 aromatic carbocycles. The largest absolute Gasteiger partial charge is 0.370 e. The Labute approximate surface area is 282 Å². The Morgan fingerprint density at radius 2 is 1.30 bits per heavy atom. The molecule has 1 fully saturated rings. The molecule has 2 aromatic rings. The minimum absolute atomic E-state index is 0.0366. The maximum atomic E-state index is 13.8. The molecule has 3 rings (SSSR count). The van der Waals surface area contributed by atoms with Gasteiger partial charge < -0.3 is 38.1 Å². The molecule has 256 valence electrons. The second-order valence-corrected chi connectivity index (χ2v) is 12.9. The smallest absolute Gasteiger partial charge is 0.245 e. The van der Waals surface area contributed by atoms with Gasteiger partial charge >= 0.3 is 0 Å². The number of benzene rings is 2. The first kappa shape index (κ1) is 37.4. The van der Waals surface area contributed by atoms with Crippen LogP contribution in [0.2, 0.25) is 0 Å². The zero-order valence-electron chi connectivity index (χ0n) is 27.2. The van der Waals surface area contributed by atoms with Gasteiger partial charge in [0.15, 0.2) is 5.96 Å². The lowest BCUT2D eigenvalue weighted by atomic mass is 10.0. The van der Waals surface area contributed by atoms with Crippen LogP contribution in [0.1, 0.15) is 50.2 Å². The maximum absolute atomic E-state index is 13.8. The van der Waals surface area contributed by atoms with Crippen molar-refractivity contribution >= 4 is 41.4 Å². The predicted molar refractivity (Wildman–Crippen MR) is 187 cm³/mol. The first-order valence-corrected chi connectivity index (χ1v) is 17.5. The second kappa shape index (κ2) is 20.2. The van der Waals surface area contributed by atoms with Crippen LogP contribution in [-0.4, -0.2) is 89.8 Å². The maximum Gasteiger partial charge on any atom is 0.245 e. The number of nitrogens with zero attached hydrogens (tertiary/aromatic N) is 2. The predicted octanol–water partition coefficient (Wildman–Crippen LogP) is 1.07. The number of amides is 4. The highest BCUT2D eigenvalue weighted by atomic mass is 32.2. The number of thioether (sulfide) groups is 1. The molecule has 1 aliphatic heterocycles. The van der Waals surface area contributed by atoms with E-state index in [2.05, 4.69) is 20.9 Å². The molecule has 1 saturated heterocycles. The lowest BCUT2D eigenvalue weighted by Gasteiger charge is -2.31. The molecule has 0 unspecified atom stereocenters. The van der Waals surface area contributed by atoms with Crippen molar-refractivity contribution < 1.29 is 19.2 Å². The third-order valence-electron chi connectivity index (χ3n) is 7.91. The fraction of sp³-hybridized carbons (Fsp3) is 0.500. The SMILES string of the molecule is CCCC[C@@H](NC(=O)[C@@H](Cc1ccccc1)NC(=O)[C@H](N)Cc1ccccc1)C(=O)N[C@H](CCCN=C(N)N)C(=O)N1CCSCC1. The van der Waals surface area contributed by atoms with Gasteiger partial charge in [-0.25, -0.2) is 0 Å². The van der Waals surface area contributed by atoms with Gasteiger partial charge in [0, 0.05) is 37.6 Å². The third-order valence-corrected chi connectivity index (χ3v) is 8.86. The van der Waals surface area contributed by atoms with Crippen LogP contribution in [0.5, 0.6) is 0 Å². The zero-order chi connectivity index (χ0) is 34.0. The van der Waals surface area contributed by atoms with Crippen molar-refractivity contribution in [2.24, 2.45) is 22.2 Å². The molecular weight excluding hydrogens is 616 g/mol. The average molecular weight is 667 g/mol. The van der Waals surface area contributed by atoms with Gasteiger partial charge in [-0.1, -0.05) is 80.4 Å². The normalized spacial score (nSPS) is 15.4. The number of carbonyl (C=O) groups is 4. The quantitative estimate of drug-likeness (QED) is 0.0771. The molecule has 47 heavy (non-hydrogen) atoms. The summed E-state index contributed by atoms with van der Waals surface area (Å²) in [7, 11) is 0. The Balaban J connectivity index is 1.76. The number of unbranched alkanes of at least 4 members (excludes halogenated alkanes) is 1. The van der Waals surface area contributed by atoms with Gasteiger partial charge in [0.25, 0.3) is 0 Å². The highest BCUT2D eigenvalue weighted by molar-refractivity contribution is 7.99. The van der Waals surface area contributed by atoms with Gasteiger partial charge in [0.1, 0.15) is 18.1 Å². The Kier molecular flexibility index (Phi) is 16.1. The van der Waals surface area contributed by atoms with E-state index < -0.39 is 41.9 Å². The Hall–Kier alpha value is -4.10. The topological polar surface area (TPSA) is 198 Å². The lowest BCUT2D eigenvalue weighted by Crippen LogP contribution is -2.58.